The van der Waals surface area contributed by atoms with Gasteiger partial charge in [-0.25, -0.2) is 14.6 Å². The topological polar surface area (TPSA) is 75.9 Å². The third-order valence-electron chi connectivity index (χ3n) is 5.30. The van der Waals surface area contributed by atoms with Gasteiger partial charge in [-0.2, -0.15) is 5.10 Å². The van der Waals surface area contributed by atoms with Gasteiger partial charge in [-0.1, -0.05) is 36.9 Å². The lowest BCUT2D eigenvalue weighted by Gasteiger charge is -2.18. The van der Waals surface area contributed by atoms with Gasteiger partial charge in [-0.15, -0.1) is 0 Å². The molecule has 0 radical (unpaired) electrons. The highest BCUT2D eigenvalue weighted by Crippen LogP contribution is 2.29. The standard InChI is InChI=1S/C22H28N6OS/c1-3-14-30-22-25-19(27-11-6-7-12-27)18-15-24-28(20(18)26-22)13-10-23-21(29)17-9-5-4-8-16(17)2/h4-5,8-9,15H,3,6-7,10-14H2,1-2H3,(H,23,29). The maximum Gasteiger partial charge on any atom is 0.251 e. The molecule has 1 N–H and O–H groups in total. The molecule has 30 heavy (non-hydrogen) atoms. The number of anilines is 1. The number of hydrogen-bond acceptors (Lipinski definition) is 6. The van der Waals surface area contributed by atoms with Gasteiger partial charge < -0.3 is 10.2 Å². The summed E-state index contributed by atoms with van der Waals surface area (Å²) in [5, 5.41) is 9.36. The number of thioether (sulfide) groups is 1. The van der Waals surface area contributed by atoms with Crippen molar-refractivity contribution in [3.63, 3.8) is 0 Å². The number of aryl methyl sites for hydroxylation is 1. The second-order valence-corrected chi connectivity index (χ2v) is 8.61. The van der Waals surface area contributed by atoms with E-state index in [4.69, 9.17) is 9.97 Å². The SMILES string of the molecule is CCCSc1nc(N2CCCC2)c2cnn(CCNC(=O)c3ccccc3C)c2n1. The monoisotopic (exact) mass is 424 g/mol. The molecule has 0 aliphatic carbocycles. The van der Waals surface area contributed by atoms with Gasteiger partial charge in [0, 0.05) is 31.0 Å². The maximum atomic E-state index is 12.5. The average Bonchev–Trinajstić information content (AvgIpc) is 3.42. The number of carbonyl (C=O) groups is 1. The predicted molar refractivity (Wildman–Crippen MR) is 121 cm³/mol. The highest BCUT2D eigenvalue weighted by atomic mass is 32.2. The van der Waals surface area contributed by atoms with Gasteiger partial charge in [0.15, 0.2) is 10.8 Å². The van der Waals surface area contributed by atoms with E-state index in [2.05, 4.69) is 22.2 Å². The van der Waals surface area contributed by atoms with Crippen molar-refractivity contribution in [2.75, 3.05) is 30.3 Å². The Balaban J connectivity index is 1.53. The van der Waals surface area contributed by atoms with Crippen molar-refractivity contribution in [2.45, 2.75) is 44.8 Å². The van der Waals surface area contributed by atoms with Crippen LogP contribution in [-0.4, -0.2) is 51.0 Å². The molecule has 8 heteroatoms. The Morgan fingerprint density at radius 3 is 2.77 bits per heavy atom. The van der Waals surface area contributed by atoms with Gasteiger partial charge >= 0.3 is 0 Å². The largest absolute Gasteiger partial charge is 0.356 e. The van der Waals surface area contributed by atoms with Gasteiger partial charge in [-0.3, -0.25) is 4.79 Å². The second-order valence-electron chi connectivity index (χ2n) is 7.55. The number of nitrogens with one attached hydrogen (secondary N) is 1. The summed E-state index contributed by atoms with van der Waals surface area (Å²) >= 11 is 1.69. The lowest BCUT2D eigenvalue weighted by molar-refractivity contribution is 0.0951. The van der Waals surface area contributed by atoms with Crippen LogP contribution in [0, 0.1) is 6.92 Å². The molecule has 4 rings (SSSR count). The van der Waals surface area contributed by atoms with Crippen LogP contribution < -0.4 is 10.2 Å². The zero-order valence-electron chi connectivity index (χ0n) is 17.6. The van der Waals surface area contributed by atoms with Gasteiger partial charge in [0.05, 0.1) is 18.1 Å². The Labute approximate surface area is 181 Å². The Morgan fingerprint density at radius 1 is 1.20 bits per heavy atom. The quantitative estimate of drug-likeness (QED) is 0.439. The summed E-state index contributed by atoms with van der Waals surface area (Å²) in [6, 6.07) is 7.62. The Hall–Kier alpha value is -2.61. The molecule has 3 aromatic rings. The van der Waals surface area contributed by atoms with Gasteiger partial charge in [-0.05, 0) is 37.8 Å². The fourth-order valence-electron chi connectivity index (χ4n) is 3.71. The summed E-state index contributed by atoms with van der Waals surface area (Å²) in [4.78, 5) is 24.5. The lowest BCUT2D eigenvalue weighted by atomic mass is 10.1. The number of aromatic nitrogens is 4. The van der Waals surface area contributed by atoms with Crippen molar-refractivity contribution in [1.29, 1.82) is 0 Å². The maximum absolute atomic E-state index is 12.5. The molecule has 1 aliphatic heterocycles. The van der Waals surface area contributed by atoms with Crippen molar-refractivity contribution in [3.05, 3.63) is 41.6 Å². The summed E-state index contributed by atoms with van der Waals surface area (Å²) in [6.45, 7) is 7.22. The fraction of sp³-hybridized carbons (Fsp3) is 0.455. The zero-order chi connectivity index (χ0) is 20.9. The second kappa shape index (κ2) is 9.47. The molecule has 0 bridgehead atoms. The van der Waals surface area contributed by atoms with Crippen molar-refractivity contribution < 1.29 is 4.79 Å². The van der Waals surface area contributed by atoms with E-state index in [1.807, 2.05) is 42.1 Å². The van der Waals surface area contributed by atoms with Crippen LogP contribution in [-0.2, 0) is 6.54 Å². The zero-order valence-corrected chi connectivity index (χ0v) is 18.4. The number of amides is 1. The highest BCUT2D eigenvalue weighted by Gasteiger charge is 2.21. The van der Waals surface area contributed by atoms with Crippen LogP contribution in [0.4, 0.5) is 5.82 Å². The van der Waals surface area contributed by atoms with Crippen molar-refractivity contribution in [1.82, 2.24) is 25.1 Å². The van der Waals surface area contributed by atoms with E-state index in [1.165, 1.54) is 12.8 Å². The van der Waals surface area contributed by atoms with Crippen LogP contribution in [0.1, 0.15) is 42.1 Å². The molecule has 2 aromatic heterocycles. The molecule has 1 fully saturated rings. The molecule has 1 aromatic carbocycles. The molecule has 1 amide bonds. The number of rotatable bonds is 8. The summed E-state index contributed by atoms with van der Waals surface area (Å²) in [6.07, 6.45) is 5.33. The number of benzene rings is 1. The Morgan fingerprint density at radius 2 is 2.00 bits per heavy atom. The Bertz CT molecular complexity index is 1030. The minimum atomic E-state index is -0.0591. The number of carbonyl (C=O) groups excluding carboxylic acids is 1. The molecule has 158 valence electrons. The van der Waals surface area contributed by atoms with E-state index in [-0.39, 0.29) is 5.91 Å². The van der Waals surface area contributed by atoms with Crippen LogP contribution in [0.5, 0.6) is 0 Å². The number of fused-ring (bicyclic) bond motifs is 1. The number of hydrogen-bond donors (Lipinski definition) is 1. The van der Waals surface area contributed by atoms with Crippen molar-refractivity contribution >= 4 is 34.5 Å². The summed E-state index contributed by atoms with van der Waals surface area (Å²) in [5.74, 6) is 1.92. The molecule has 0 spiro atoms. The van der Waals surface area contributed by atoms with E-state index in [0.717, 1.165) is 52.8 Å². The van der Waals surface area contributed by atoms with E-state index < -0.39 is 0 Å². The molecular weight excluding hydrogens is 396 g/mol. The molecule has 0 saturated carbocycles. The van der Waals surface area contributed by atoms with Gasteiger partial charge in [0.2, 0.25) is 0 Å². The molecular formula is C22H28N6OS. The van der Waals surface area contributed by atoms with E-state index in [9.17, 15) is 4.79 Å². The Kier molecular flexibility index (Phi) is 6.52. The molecule has 1 aliphatic rings. The van der Waals surface area contributed by atoms with Gasteiger partial charge in [0.25, 0.3) is 5.91 Å². The van der Waals surface area contributed by atoms with Crippen LogP contribution in [0.15, 0.2) is 35.6 Å². The molecule has 1 saturated heterocycles. The normalized spacial score (nSPS) is 13.9. The first-order chi connectivity index (χ1) is 14.7. The molecule has 7 nitrogen and oxygen atoms in total. The minimum absolute atomic E-state index is 0.0591. The average molecular weight is 425 g/mol. The summed E-state index contributed by atoms with van der Waals surface area (Å²) in [5.41, 5.74) is 2.52. The first-order valence-corrected chi connectivity index (χ1v) is 11.6. The van der Waals surface area contributed by atoms with Crippen molar-refractivity contribution in [2.24, 2.45) is 0 Å². The number of nitrogens with zero attached hydrogens (tertiary/aromatic N) is 5. The summed E-state index contributed by atoms with van der Waals surface area (Å²) < 4.78 is 1.88. The first kappa shape index (κ1) is 20.7. The van der Waals surface area contributed by atoms with Crippen LogP contribution in [0.25, 0.3) is 11.0 Å². The van der Waals surface area contributed by atoms with Crippen molar-refractivity contribution in [3.8, 4) is 0 Å². The lowest BCUT2D eigenvalue weighted by Crippen LogP contribution is -2.28. The van der Waals surface area contributed by atoms with E-state index in [1.54, 1.807) is 11.8 Å². The fourth-order valence-corrected chi connectivity index (χ4v) is 4.40. The first-order valence-electron chi connectivity index (χ1n) is 10.6. The third-order valence-corrected chi connectivity index (χ3v) is 6.35. The highest BCUT2D eigenvalue weighted by molar-refractivity contribution is 7.99. The summed E-state index contributed by atoms with van der Waals surface area (Å²) in [7, 11) is 0. The molecule has 0 unspecified atom stereocenters. The van der Waals surface area contributed by atoms with E-state index in [0.29, 0.717) is 18.7 Å². The third kappa shape index (κ3) is 4.43. The van der Waals surface area contributed by atoms with E-state index >= 15 is 0 Å². The van der Waals surface area contributed by atoms with Crippen LogP contribution in [0.2, 0.25) is 0 Å². The van der Waals surface area contributed by atoms with Gasteiger partial charge in [0.1, 0.15) is 5.82 Å². The van der Waals surface area contributed by atoms with Crippen LogP contribution >= 0.6 is 11.8 Å². The molecule has 3 heterocycles. The molecule has 0 atom stereocenters. The van der Waals surface area contributed by atoms with Crippen LogP contribution in [0.3, 0.4) is 0 Å². The smallest absolute Gasteiger partial charge is 0.251 e. The minimum Gasteiger partial charge on any atom is -0.356 e. The predicted octanol–water partition coefficient (Wildman–Crippen LogP) is 3.67.